The lowest BCUT2D eigenvalue weighted by Gasteiger charge is -2.24. The molecule has 108 valence electrons. The van der Waals surface area contributed by atoms with E-state index in [1.54, 1.807) is 14.0 Å². The van der Waals surface area contributed by atoms with Gasteiger partial charge in [-0.3, -0.25) is 0 Å². The Labute approximate surface area is 114 Å². The Bertz CT molecular complexity index is 506. The fourth-order valence-electron chi connectivity index (χ4n) is 2.35. The number of rotatable bonds is 5. The molecule has 1 fully saturated rings. The van der Waals surface area contributed by atoms with Gasteiger partial charge in [0.25, 0.3) is 10.0 Å². The molecule has 6 nitrogen and oxygen atoms in total. The maximum absolute atomic E-state index is 12.3. The third kappa shape index (κ3) is 3.55. The summed E-state index contributed by atoms with van der Waals surface area (Å²) in [7, 11) is -1.79. The number of nitrogens with one attached hydrogen (secondary N) is 2. The van der Waals surface area contributed by atoms with Crippen molar-refractivity contribution < 1.29 is 8.42 Å². The van der Waals surface area contributed by atoms with Gasteiger partial charge in [-0.15, -0.1) is 0 Å². The molecule has 0 amide bonds. The third-order valence-corrected chi connectivity index (χ3v) is 5.45. The molecule has 2 N–H and O–H groups in total. The first-order chi connectivity index (χ1) is 9.00. The molecule has 1 aliphatic rings. The first-order valence-electron chi connectivity index (χ1n) is 6.69. The summed E-state index contributed by atoms with van der Waals surface area (Å²) in [6.07, 6.45) is 4.57. The fraction of sp³-hybridized carbons (Fsp3) is 0.750. The number of sulfonamides is 1. The third-order valence-electron chi connectivity index (χ3n) is 3.68. The molecule has 2 rings (SSSR count). The van der Waals surface area contributed by atoms with Crippen LogP contribution in [0.15, 0.2) is 11.2 Å². The fourth-order valence-corrected chi connectivity index (χ4v) is 3.50. The normalized spacial score (nSPS) is 18.1. The van der Waals surface area contributed by atoms with Crippen molar-refractivity contribution in [2.45, 2.75) is 31.2 Å². The lowest BCUT2D eigenvalue weighted by atomic mass is 9.95. The number of aromatic amines is 1. The van der Waals surface area contributed by atoms with E-state index in [0.29, 0.717) is 18.3 Å². The number of hydrogen-bond donors (Lipinski definition) is 2. The summed E-state index contributed by atoms with van der Waals surface area (Å²) in [6, 6.07) is 0. The van der Waals surface area contributed by atoms with Gasteiger partial charge in [0, 0.05) is 13.6 Å². The molecule has 1 saturated heterocycles. The van der Waals surface area contributed by atoms with Crippen molar-refractivity contribution in [1.82, 2.24) is 19.6 Å². The SMILES string of the molecule is Cc1ncc(S(=O)(=O)N(C)CCC2CCNCC2)[nH]1. The molecule has 1 aliphatic heterocycles. The molecule has 19 heavy (non-hydrogen) atoms. The molecular formula is C12H22N4O2S. The predicted molar refractivity (Wildman–Crippen MR) is 73.4 cm³/mol. The highest BCUT2D eigenvalue weighted by molar-refractivity contribution is 7.89. The molecule has 0 aromatic carbocycles. The van der Waals surface area contributed by atoms with E-state index in [1.807, 2.05) is 0 Å². The Morgan fingerprint density at radius 2 is 2.11 bits per heavy atom. The van der Waals surface area contributed by atoms with Crippen molar-refractivity contribution in [2.75, 3.05) is 26.7 Å². The molecule has 7 heteroatoms. The molecule has 2 heterocycles. The van der Waals surface area contributed by atoms with Crippen molar-refractivity contribution in [3.05, 3.63) is 12.0 Å². The van der Waals surface area contributed by atoms with E-state index in [4.69, 9.17) is 0 Å². The molecule has 0 atom stereocenters. The number of aryl methyl sites for hydroxylation is 1. The number of aromatic nitrogens is 2. The van der Waals surface area contributed by atoms with Gasteiger partial charge < -0.3 is 10.3 Å². The van der Waals surface area contributed by atoms with Crippen LogP contribution in [0, 0.1) is 12.8 Å². The second-order valence-corrected chi connectivity index (χ2v) is 7.15. The van der Waals surface area contributed by atoms with Gasteiger partial charge in [0.2, 0.25) is 0 Å². The maximum atomic E-state index is 12.3. The number of nitrogens with zero attached hydrogens (tertiary/aromatic N) is 2. The topological polar surface area (TPSA) is 78.1 Å². The Balaban J connectivity index is 1.93. The van der Waals surface area contributed by atoms with E-state index in [0.717, 1.165) is 32.4 Å². The smallest absolute Gasteiger partial charge is 0.259 e. The average molecular weight is 286 g/mol. The predicted octanol–water partition coefficient (Wildman–Crippen LogP) is 0.728. The maximum Gasteiger partial charge on any atom is 0.259 e. The van der Waals surface area contributed by atoms with Crippen molar-refractivity contribution in [2.24, 2.45) is 5.92 Å². The summed E-state index contributed by atoms with van der Waals surface area (Å²) in [6.45, 7) is 4.39. The van der Waals surface area contributed by atoms with Crippen LogP contribution in [-0.2, 0) is 10.0 Å². The van der Waals surface area contributed by atoms with Crippen LogP contribution in [0.4, 0.5) is 0 Å². The van der Waals surface area contributed by atoms with Crippen molar-refractivity contribution in [3.8, 4) is 0 Å². The quantitative estimate of drug-likeness (QED) is 0.836. The largest absolute Gasteiger partial charge is 0.332 e. The van der Waals surface area contributed by atoms with Crippen LogP contribution in [0.5, 0.6) is 0 Å². The number of imidazole rings is 1. The second-order valence-electron chi connectivity index (χ2n) is 5.14. The number of piperidine rings is 1. The van der Waals surface area contributed by atoms with Crippen LogP contribution >= 0.6 is 0 Å². The lowest BCUT2D eigenvalue weighted by molar-refractivity contribution is 0.325. The lowest BCUT2D eigenvalue weighted by Crippen LogP contribution is -2.32. The van der Waals surface area contributed by atoms with Gasteiger partial charge in [-0.2, -0.15) is 4.31 Å². The van der Waals surface area contributed by atoms with Crippen LogP contribution in [0.3, 0.4) is 0 Å². The molecule has 0 aliphatic carbocycles. The molecule has 1 aromatic rings. The Hall–Kier alpha value is -0.920. The summed E-state index contributed by atoms with van der Waals surface area (Å²) in [5, 5.41) is 3.49. The monoisotopic (exact) mass is 286 g/mol. The highest BCUT2D eigenvalue weighted by Crippen LogP contribution is 2.18. The van der Waals surface area contributed by atoms with E-state index in [1.165, 1.54) is 10.5 Å². The Kier molecular flexibility index (Phi) is 4.59. The molecule has 0 bridgehead atoms. The minimum absolute atomic E-state index is 0.179. The van der Waals surface area contributed by atoms with E-state index < -0.39 is 10.0 Å². The van der Waals surface area contributed by atoms with Gasteiger partial charge in [0.05, 0.1) is 6.20 Å². The minimum Gasteiger partial charge on any atom is -0.332 e. The van der Waals surface area contributed by atoms with Gasteiger partial charge in [0.1, 0.15) is 5.82 Å². The van der Waals surface area contributed by atoms with Crippen LogP contribution in [-0.4, -0.2) is 49.4 Å². The second kappa shape index (κ2) is 6.02. The Morgan fingerprint density at radius 3 is 2.68 bits per heavy atom. The van der Waals surface area contributed by atoms with Crippen molar-refractivity contribution in [1.29, 1.82) is 0 Å². The molecule has 1 aromatic heterocycles. The van der Waals surface area contributed by atoms with Crippen molar-refractivity contribution >= 4 is 10.0 Å². The van der Waals surface area contributed by atoms with E-state index in [9.17, 15) is 8.42 Å². The van der Waals surface area contributed by atoms with Crippen molar-refractivity contribution in [3.63, 3.8) is 0 Å². The highest BCUT2D eigenvalue weighted by atomic mass is 32.2. The van der Waals surface area contributed by atoms with Gasteiger partial charge in [-0.1, -0.05) is 0 Å². The molecule has 0 saturated carbocycles. The molecule has 0 spiro atoms. The number of H-pyrrole nitrogens is 1. The Morgan fingerprint density at radius 1 is 1.42 bits per heavy atom. The van der Waals surface area contributed by atoms with Gasteiger partial charge in [-0.25, -0.2) is 13.4 Å². The van der Waals surface area contributed by atoms with Crippen LogP contribution in [0.25, 0.3) is 0 Å². The molecule has 0 radical (unpaired) electrons. The van der Waals surface area contributed by atoms with E-state index in [2.05, 4.69) is 15.3 Å². The van der Waals surface area contributed by atoms with E-state index >= 15 is 0 Å². The first-order valence-corrected chi connectivity index (χ1v) is 8.13. The van der Waals surface area contributed by atoms with Crippen LogP contribution < -0.4 is 5.32 Å². The zero-order chi connectivity index (χ0) is 13.9. The zero-order valence-corrected chi connectivity index (χ0v) is 12.3. The van der Waals surface area contributed by atoms with Gasteiger partial charge in [0.15, 0.2) is 5.03 Å². The first kappa shape index (κ1) is 14.5. The van der Waals surface area contributed by atoms with Crippen LogP contribution in [0.2, 0.25) is 0 Å². The average Bonchev–Trinajstić information content (AvgIpc) is 2.84. The van der Waals surface area contributed by atoms with Gasteiger partial charge in [-0.05, 0) is 45.2 Å². The molecular weight excluding hydrogens is 264 g/mol. The zero-order valence-electron chi connectivity index (χ0n) is 11.5. The summed E-state index contributed by atoms with van der Waals surface area (Å²) < 4.78 is 25.9. The summed E-state index contributed by atoms with van der Waals surface area (Å²) >= 11 is 0. The minimum atomic E-state index is -3.42. The summed E-state index contributed by atoms with van der Waals surface area (Å²) in [4.78, 5) is 6.73. The summed E-state index contributed by atoms with van der Waals surface area (Å²) in [5.41, 5.74) is 0. The number of hydrogen-bond acceptors (Lipinski definition) is 4. The van der Waals surface area contributed by atoms with Gasteiger partial charge >= 0.3 is 0 Å². The highest BCUT2D eigenvalue weighted by Gasteiger charge is 2.23. The summed E-state index contributed by atoms with van der Waals surface area (Å²) in [5.74, 6) is 1.24. The van der Waals surface area contributed by atoms with E-state index in [-0.39, 0.29) is 5.03 Å². The van der Waals surface area contributed by atoms with Crippen LogP contribution in [0.1, 0.15) is 25.1 Å². The standard InChI is InChI=1S/C12H22N4O2S/c1-10-14-9-12(15-10)19(17,18)16(2)8-5-11-3-6-13-7-4-11/h9,11,13H,3-8H2,1-2H3,(H,14,15). The molecule has 0 unspecified atom stereocenters.